The number of carbonyl (C=O) groups excluding carboxylic acids is 4. The Labute approximate surface area is 350 Å². The van der Waals surface area contributed by atoms with Crippen molar-refractivity contribution in [3.63, 3.8) is 0 Å². The number of fused-ring (bicyclic) bond motifs is 1. The molecule has 0 fully saturated rings. The van der Waals surface area contributed by atoms with Crippen LogP contribution in [0.3, 0.4) is 0 Å². The fourth-order valence-corrected chi connectivity index (χ4v) is 6.07. The van der Waals surface area contributed by atoms with E-state index in [4.69, 9.17) is 29.2 Å². The highest BCUT2D eigenvalue weighted by Gasteiger charge is 2.27. The van der Waals surface area contributed by atoms with E-state index in [0.29, 0.717) is 30.8 Å². The molecule has 0 spiro atoms. The van der Waals surface area contributed by atoms with E-state index >= 15 is 0 Å². The number of ether oxygens (including phenoxy) is 5. The standard InChI is InChI=1S/C44H55N7O9/c1-44(2,3)60-43(55)51(39-16-7-9-22-46-39)24-10-8-17-40(52)48-38(31-59-29-28-58-27-26-57-25-23-47-50-45)42(54)49-37(30-41(53)56-4)34-20-18-33(19-21-34)36-15-11-13-32-12-5-6-14-35(32)36/h5-7,9,11-16,18-22,37-38H,8,10,17,23-31H2,1-4H3,(H,48,52)(H,49,54)/t37?,38-/m0/s1. The Morgan fingerprint density at radius 2 is 1.53 bits per heavy atom. The lowest BCUT2D eigenvalue weighted by atomic mass is 9.95. The van der Waals surface area contributed by atoms with Crippen LogP contribution in [0.5, 0.6) is 0 Å². The molecule has 0 aliphatic rings. The predicted octanol–water partition coefficient (Wildman–Crippen LogP) is 7.08. The van der Waals surface area contributed by atoms with Gasteiger partial charge in [-0.2, -0.15) is 0 Å². The largest absolute Gasteiger partial charge is 0.469 e. The molecule has 16 nitrogen and oxygen atoms in total. The lowest BCUT2D eigenvalue weighted by molar-refractivity contribution is -0.141. The number of pyridine rings is 1. The van der Waals surface area contributed by atoms with Gasteiger partial charge in [0.1, 0.15) is 17.5 Å². The van der Waals surface area contributed by atoms with Crippen molar-refractivity contribution < 1.29 is 42.9 Å². The van der Waals surface area contributed by atoms with E-state index in [9.17, 15) is 19.2 Å². The summed E-state index contributed by atoms with van der Waals surface area (Å²) in [6.07, 6.45) is 1.77. The molecule has 0 saturated heterocycles. The van der Waals surface area contributed by atoms with Crippen LogP contribution in [0.15, 0.2) is 96.2 Å². The maximum atomic E-state index is 13.9. The third kappa shape index (κ3) is 15.9. The topological polar surface area (TPSA) is 203 Å². The molecule has 0 bridgehead atoms. The fraction of sp³-hybridized carbons (Fsp3) is 0.432. The summed E-state index contributed by atoms with van der Waals surface area (Å²) in [5.74, 6) is -1.06. The average Bonchev–Trinajstić information content (AvgIpc) is 3.24. The summed E-state index contributed by atoms with van der Waals surface area (Å²) in [4.78, 5) is 61.3. The highest BCUT2D eigenvalue weighted by molar-refractivity contribution is 5.96. The Balaban J connectivity index is 1.41. The molecule has 0 aliphatic carbocycles. The summed E-state index contributed by atoms with van der Waals surface area (Å²) >= 11 is 0. The number of nitrogens with one attached hydrogen (secondary N) is 2. The highest BCUT2D eigenvalue weighted by atomic mass is 16.6. The lowest BCUT2D eigenvalue weighted by Gasteiger charge is -2.26. The van der Waals surface area contributed by atoms with Gasteiger partial charge in [-0.15, -0.1) is 0 Å². The smallest absolute Gasteiger partial charge is 0.416 e. The van der Waals surface area contributed by atoms with Gasteiger partial charge in [0, 0.05) is 30.6 Å². The van der Waals surface area contributed by atoms with Crippen LogP contribution >= 0.6 is 0 Å². The zero-order valence-corrected chi connectivity index (χ0v) is 34.7. The Bertz CT molecular complexity index is 2010. The van der Waals surface area contributed by atoms with Gasteiger partial charge in [0.15, 0.2) is 0 Å². The van der Waals surface area contributed by atoms with Crippen molar-refractivity contribution in [2.24, 2.45) is 5.11 Å². The first-order valence-electron chi connectivity index (χ1n) is 19.9. The molecular formula is C44H55N7O9. The number of hydrogen-bond acceptors (Lipinski definition) is 11. The molecule has 0 aliphatic heterocycles. The van der Waals surface area contributed by atoms with E-state index in [0.717, 1.165) is 21.9 Å². The number of benzene rings is 3. The first-order valence-corrected chi connectivity index (χ1v) is 19.9. The number of unbranched alkanes of at least 4 members (excludes halogenated alkanes) is 1. The molecular weight excluding hydrogens is 771 g/mol. The van der Waals surface area contributed by atoms with Crippen molar-refractivity contribution in [2.75, 3.05) is 64.7 Å². The van der Waals surface area contributed by atoms with E-state index < -0.39 is 41.6 Å². The number of carbonyl (C=O) groups is 4. The average molecular weight is 826 g/mol. The number of anilines is 1. The van der Waals surface area contributed by atoms with Crippen LogP contribution in [-0.4, -0.2) is 100 Å². The molecule has 3 aromatic carbocycles. The normalized spacial score (nSPS) is 12.1. The maximum absolute atomic E-state index is 13.9. The quantitative estimate of drug-likeness (QED) is 0.0242. The van der Waals surface area contributed by atoms with Crippen molar-refractivity contribution in [3.8, 4) is 11.1 Å². The number of nitrogens with zero attached hydrogens (tertiary/aromatic N) is 5. The van der Waals surface area contributed by atoms with Crippen LogP contribution in [-0.2, 0) is 38.1 Å². The zero-order chi connectivity index (χ0) is 43.2. The highest BCUT2D eigenvalue weighted by Crippen LogP contribution is 2.30. The van der Waals surface area contributed by atoms with Crippen molar-refractivity contribution >= 4 is 40.5 Å². The van der Waals surface area contributed by atoms with Crippen molar-refractivity contribution in [3.05, 3.63) is 107 Å². The third-order valence-corrected chi connectivity index (χ3v) is 8.98. The number of amides is 3. The minimum atomic E-state index is -1.12. The summed E-state index contributed by atoms with van der Waals surface area (Å²) in [5, 5.41) is 11.3. The fourth-order valence-electron chi connectivity index (χ4n) is 6.07. The van der Waals surface area contributed by atoms with Crippen LogP contribution in [0.25, 0.3) is 32.3 Å². The third-order valence-electron chi connectivity index (χ3n) is 8.98. The molecule has 3 amide bonds. The Morgan fingerprint density at radius 1 is 0.833 bits per heavy atom. The molecule has 0 radical (unpaired) electrons. The monoisotopic (exact) mass is 825 g/mol. The molecule has 60 heavy (non-hydrogen) atoms. The molecule has 1 heterocycles. The summed E-state index contributed by atoms with van der Waals surface area (Å²) in [6, 6.07) is 25.1. The molecule has 4 rings (SSSR count). The zero-order valence-electron chi connectivity index (χ0n) is 34.7. The number of azide groups is 1. The van der Waals surface area contributed by atoms with Crippen LogP contribution in [0.1, 0.15) is 58.1 Å². The van der Waals surface area contributed by atoms with Gasteiger partial charge < -0.3 is 34.3 Å². The summed E-state index contributed by atoms with van der Waals surface area (Å²) in [6.45, 7) is 6.80. The molecule has 1 unspecified atom stereocenters. The van der Waals surface area contributed by atoms with Crippen LogP contribution in [0, 0.1) is 0 Å². The first kappa shape index (κ1) is 46.6. The van der Waals surface area contributed by atoms with E-state index in [1.807, 2.05) is 48.5 Å². The number of methoxy groups -OCH3 is 1. The van der Waals surface area contributed by atoms with Crippen LogP contribution < -0.4 is 15.5 Å². The molecule has 0 saturated carbocycles. The van der Waals surface area contributed by atoms with Gasteiger partial charge in [0.25, 0.3) is 0 Å². The first-order chi connectivity index (χ1) is 29.0. The van der Waals surface area contributed by atoms with E-state index in [2.05, 4.69) is 43.8 Å². The minimum absolute atomic E-state index is 0.0537. The van der Waals surface area contributed by atoms with Gasteiger partial charge in [-0.05, 0) is 78.7 Å². The summed E-state index contributed by atoms with van der Waals surface area (Å²) < 4.78 is 27.2. The second-order valence-electron chi connectivity index (χ2n) is 14.6. The number of hydrogen-bond donors (Lipinski definition) is 2. The lowest BCUT2D eigenvalue weighted by Crippen LogP contribution is -2.50. The van der Waals surface area contributed by atoms with Crippen LogP contribution in [0.2, 0.25) is 0 Å². The molecule has 2 atom stereocenters. The Hall–Kier alpha value is -6.06. The minimum Gasteiger partial charge on any atom is -0.469 e. The number of aromatic nitrogens is 1. The second kappa shape index (κ2) is 24.8. The Kier molecular flexibility index (Phi) is 19.2. The molecule has 1 aromatic heterocycles. The molecule has 4 aromatic rings. The number of rotatable bonds is 24. The maximum Gasteiger partial charge on any atom is 0.416 e. The van der Waals surface area contributed by atoms with Crippen LogP contribution in [0.4, 0.5) is 10.6 Å². The van der Waals surface area contributed by atoms with E-state index in [-0.39, 0.29) is 59.0 Å². The van der Waals surface area contributed by atoms with Crippen molar-refractivity contribution in [1.29, 1.82) is 0 Å². The molecule has 320 valence electrons. The van der Waals surface area contributed by atoms with Gasteiger partial charge in [0.2, 0.25) is 11.8 Å². The van der Waals surface area contributed by atoms with Crippen molar-refractivity contribution in [2.45, 2.75) is 64.1 Å². The van der Waals surface area contributed by atoms with Crippen molar-refractivity contribution in [1.82, 2.24) is 15.6 Å². The molecule has 2 N–H and O–H groups in total. The summed E-state index contributed by atoms with van der Waals surface area (Å²) in [7, 11) is 1.28. The van der Waals surface area contributed by atoms with Gasteiger partial charge in [0.05, 0.1) is 59.2 Å². The second-order valence-corrected chi connectivity index (χ2v) is 14.6. The van der Waals surface area contributed by atoms with Gasteiger partial charge in [-0.25, -0.2) is 9.78 Å². The Morgan fingerprint density at radius 3 is 2.23 bits per heavy atom. The summed E-state index contributed by atoms with van der Waals surface area (Å²) in [5.41, 5.74) is 10.3. The van der Waals surface area contributed by atoms with E-state index in [1.165, 1.54) is 12.0 Å². The molecule has 16 heteroatoms. The van der Waals surface area contributed by atoms with E-state index in [1.54, 1.807) is 45.2 Å². The number of esters is 1. The van der Waals surface area contributed by atoms with Gasteiger partial charge >= 0.3 is 12.1 Å². The van der Waals surface area contributed by atoms with Gasteiger partial charge in [-0.3, -0.25) is 19.3 Å². The predicted molar refractivity (Wildman–Crippen MR) is 227 cm³/mol. The SMILES string of the molecule is COC(=O)CC(NC(=O)[C@H](COCCOCCOCCN=[N+]=[N-])NC(=O)CCCCN(C(=O)OC(C)(C)C)c1ccccn1)c1ccc(-c2cccc3ccccc23)cc1. The van der Waals surface area contributed by atoms with Gasteiger partial charge in [-0.1, -0.05) is 77.9 Å².